The van der Waals surface area contributed by atoms with Gasteiger partial charge in [0.1, 0.15) is 0 Å². The van der Waals surface area contributed by atoms with Crippen LogP contribution < -0.4 is 16.0 Å². The zero-order valence-corrected chi connectivity index (χ0v) is 14.9. The van der Waals surface area contributed by atoms with Crippen molar-refractivity contribution in [2.75, 3.05) is 20.1 Å². The van der Waals surface area contributed by atoms with Crippen molar-refractivity contribution in [1.29, 1.82) is 0 Å². The molecule has 0 aliphatic heterocycles. The van der Waals surface area contributed by atoms with E-state index in [4.69, 9.17) is 0 Å². The van der Waals surface area contributed by atoms with Crippen molar-refractivity contribution < 1.29 is 4.79 Å². The maximum absolute atomic E-state index is 12.0. The Balaban J connectivity index is 1.60. The molecule has 2 rings (SSSR count). The van der Waals surface area contributed by atoms with Crippen LogP contribution in [0.2, 0.25) is 0 Å². The summed E-state index contributed by atoms with van der Waals surface area (Å²) in [6.45, 7) is 3.89. The summed E-state index contributed by atoms with van der Waals surface area (Å²) in [7, 11) is 1.79. The Morgan fingerprint density at radius 3 is 2.43 bits per heavy atom. The van der Waals surface area contributed by atoms with Crippen LogP contribution in [0.15, 0.2) is 4.99 Å². The van der Waals surface area contributed by atoms with Crippen LogP contribution in [0.4, 0.5) is 0 Å². The fraction of sp³-hybridized carbons (Fsp3) is 0.889. The molecule has 0 bridgehead atoms. The molecule has 5 nitrogen and oxygen atoms in total. The zero-order chi connectivity index (χ0) is 16.5. The number of guanidine groups is 1. The van der Waals surface area contributed by atoms with E-state index < -0.39 is 0 Å². The quantitative estimate of drug-likeness (QED) is 0.498. The van der Waals surface area contributed by atoms with Crippen molar-refractivity contribution in [1.82, 2.24) is 16.0 Å². The molecule has 0 atom stereocenters. The Morgan fingerprint density at radius 2 is 1.87 bits per heavy atom. The number of aliphatic imine (C=N–C) groups is 1. The molecule has 0 aromatic carbocycles. The second-order valence-electron chi connectivity index (χ2n) is 7.21. The summed E-state index contributed by atoms with van der Waals surface area (Å²) in [6.07, 6.45) is 11.8. The Kier molecular flexibility index (Phi) is 7.18. The first-order valence-electron chi connectivity index (χ1n) is 9.41. The number of nitrogens with one attached hydrogen (secondary N) is 3. The Morgan fingerprint density at radius 1 is 1.13 bits per heavy atom. The Labute approximate surface area is 141 Å². The van der Waals surface area contributed by atoms with E-state index in [-0.39, 0.29) is 5.91 Å². The van der Waals surface area contributed by atoms with Crippen LogP contribution in [0.1, 0.15) is 71.1 Å². The number of amides is 1. The number of nitrogens with zero attached hydrogens (tertiary/aromatic N) is 1. The number of hydrogen-bond acceptors (Lipinski definition) is 2. The lowest BCUT2D eigenvalue weighted by molar-refractivity contribution is -0.121. The predicted molar refractivity (Wildman–Crippen MR) is 95.6 cm³/mol. The topological polar surface area (TPSA) is 65.5 Å². The number of carbonyl (C=O) groups excluding carboxylic acids is 1. The molecule has 23 heavy (non-hydrogen) atoms. The molecule has 0 saturated heterocycles. The molecule has 2 aliphatic rings. The van der Waals surface area contributed by atoms with E-state index in [0.717, 1.165) is 25.3 Å². The molecule has 3 N–H and O–H groups in total. The molecule has 0 radical (unpaired) electrons. The first kappa shape index (κ1) is 18.1. The Hall–Kier alpha value is -1.26. The number of hydrogen-bond donors (Lipinski definition) is 3. The second kappa shape index (κ2) is 9.14. The van der Waals surface area contributed by atoms with Crippen molar-refractivity contribution in [3.05, 3.63) is 0 Å². The summed E-state index contributed by atoms with van der Waals surface area (Å²) in [5.41, 5.74) is 0.468. The van der Waals surface area contributed by atoms with Crippen LogP contribution >= 0.6 is 0 Å². The minimum atomic E-state index is 0.156. The number of rotatable bonds is 7. The highest BCUT2D eigenvalue weighted by Gasteiger charge is 2.34. The molecular formula is C18H34N4O. The molecule has 132 valence electrons. The highest BCUT2D eigenvalue weighted by Crippen LogP contribution is 2.42. The standard InChI is InChI=1S/C18H34N4O/c1-3-18(11-7-12-18)14-21-17(19-2)20-13-10-16(23)22-15-8-5-4-6-9-15/h15H,3-14H2,1-2H3,(H,22,23)(H2,19,20,21). The highest BCUT2D eigenvalue weighted by atomic mass is 16.1. The van der Waals surface area contributed by atoms with E-state index in [1.165, 1.54) is 44.9 Å². The van der Waals surface area contributed by atoms with E-state index in [1.807, 2.05) is 0 Å². The Bertz CT molecular complexity index is 392. The summed E-state index contributed by atoms with van der Waals surface area (Å²) in [4.78, 5) is 16.2. The van der Waals surface area contributed by atoms with E-state index >= 15 is 0 Å². The smallest absolute Gasteiger partial charge is 0.221 e. The van der Waals surface area contributed by atoms with Gasteiger partial charge in [-0.25, -0.2) is 0 Å². The first-order chi connectivity index (χ1) is 11.2. The van der Waals surface area contributed by atoms with Gasteiger partial charge in [-0.05, 0) is 37.5 Å². The minimum Gasteiger partial charge on any atom is -0.356 e. The molecule has 0 unspecified atom stereocenters. The molecule has 2 saturated carbocycles. The average Bonchev–Trinajstić information content (AvgIpc) is 2.53. The summed E-state index contributed by atoms with van der Waals surface area (Å²) < 4.78 is 0. The van der Waals surface area contributed by atoms with Crippen LogP contribution in [0.5, 0.6) is 0 Å². The molecule has 0 aromatic rings. The van der Waals surface area contributed by atoms with Gasteiger partial charge in [0.25, 0.3) is 0 Å². The van der Waals surface area contributed by atoms with Crippen molar-refractivity contribution >= 4 is 11.9 Å². The largest absolute Gasteiger partial charge is 0.356 e. The SMILES string of the molecule is CCC1(CNC(=NC)NCCC(=O)NC2CCCCC2)CCC1. The van der Waals surface area contributed by atoms with Gasteiger partial charge in [0.05, 0.1) is 0 Å². The fourth-order valence-electron chi connectivity index (χ4n) is 3.67. The molecule has 0 spiro atoms. The summed E-state index contributed by atoms with van der Waals surface area (Å²) in [5.74, 6) is 0.971. The van der Waals surface area contributed by atoms with Crippen LogP contribution in [-0.4, -0.2) is 38.0 Å². The summed E-state index contributed by atoms with van der Waals surface area (Å²) in [6, 6.07) is 0.400. The van der Waals surface area contributed by atoms with Gasteiger partial charge in [-0.15, -0.1) is 0 Å². The van der Waals surface area contributed by atoms with E-state index in [2.05, 4.69) is 27.9 Å². The number of carbonyl (C=O) groups is 1. The maximum Gasteiger partial charge on any atom is 0.221 e. The summed E-state index contributed by atoms with van der Waals surface area (Å²) in [5, 5.41) is 9.84. The van der Waals surface area contributed by atoms with Gasteiger partial charge in [-0.2, -0.15) is 0 Å². The molecule has 2 aliphatic carbocycles. The average molecular weight is 322 g/mol. The van der Waals surface area contributed by atoms with Gasteiger partial charge >= 0.3 is 0 Å². The van der Waals surface area contributed by atoms with Gasteiger partial charge in [-0.1, -0.05) is 32.6 Å². The second-order valence-corrected chi connectivity index (χ2v) is 7.21. The molecule has 2 fully saturated rings. The van der Waals surface area contributed by atoms with E-state index in [1.54, 1.807) is 7.05 Å². The third-order valence-electron chi connectivity index (χ3n) is 5.63. The molecule has 5 heteroatoms. The van der Waals surface area contributed by atoms with Crippen molar-refractivity contribution in [3.63, 3.8) is 0 Å². The summed E-state index contributed by atoms with van der Waals surface area (Å²) >= 11 is 0. The first-order valence-corrected chi connectivity index (χ1v) is 9.41. The minimum absolute atomic E-state index is 0.156. The monoisotopic (exact) mass is 322 g/mol. The lowest BCUT2D eigenvalue weighted by atomic mass is 9.67. The van der Waals surface area contributed by atoms with Crippen LogP contribution in [0.25, 0.3) is 0 Å². The van der Waals surface area contributed by atoms with Crippen molar-refractivity contribution in [3.8, 4) is 0 Å². The van der Waals surface area contributed by atoms with Gasteiger partial charge in [0, 0.05) is 32.6 Å². The van der Waals surface area contributed by atoms with E-state index in [0.29, 0.717) is 24.4 Å². The van der Waals surface area contributed by atoms with Gasteiger partial charge in [0.2, 0.25) is 5.91 Å². The fourth-order valence-corrected chi connectivity index (χ4v) is 3.67. The van der Waals surface area contributed by atoms with Crippen molar-refractivity contribution in [2.24, 2.45) is 10.4 Å². The predicted octanol–water partition coefficient (Wildman–Crippen LogP) is 2.57. The molecule has 1 amide bonds. The van der Waals surface area contributed by atoms with Crippen molar-refractivity contribution in [2.45, 2.75) is 77.2 Å². The zero-order valence-electron chi connectivity index (χ0n) is 14.9. The third-order valence-corrected chi connectivity index (χ3v) is 5.63. The van der Waals surface area contributed by atoms with E-state index in [9.17, 15) is 4.79 Å². The normalized spacial score (nSPS) is 21.4. The molecule has 0 aromatic heterocycles. The maximum atomic E-state index is 12.0. The van der Waals surface area contributed by atoms with Gasteiger partial charge < -0.3 is 16.0 Å². The molecule has 0 heterocycles. The van der Waals surface area contributed by atoms with Gasteiger partial charge in [0.15, 0.2) is 5.96 Å². The molecular weight excluding hydrogens is 288 g/mol. The van der Waals surface area contributed by atoms with Crippen LogP contribution in [0, 0.1) is 5.41 Å². The lowest BCUT2D eigenvalue weighted by Gasteiger charge is -2.41. The highest BCUT2D eigenvalue weighted by molar-refractivity contribution is 5.81. The lowest BCUT2D eigenvalue weighted by Crippen LogP contribution is -2.47. The third kappa shape index (κ3) is 5.70. The van der Waals surface area contributed by atoms with Crippen LogP contribution in [-0.2, 0) is 4.79 Å². The van der Waals surface area contributed by atoms with Gasteiger partial charge in [-0.3, -0.25) is 9.79 Å². The van der Waals surface area contributed by atoms with Crippen LogP contribution in [0.3, 0.4) is 0 Å².